The van der Waals surface area contributed by atoms with Crippen LogP contribution in [-0.2, 0) is 11.3 Å². The Morgan fingerprint density at radius 3 is 3.00 bits per heavy atom. The monoisotopic (exact) mass is 401 g/mol. The Hall–Kier alpha value is -3.01. The lowest BCUT2D eigenvalue weighted by Gasteiger charge is -2.31. The lowest BCUT2D eigenvalue weighted by Crippen LogP contribution is -2.40. The van der Waals surface area contributed by atoms with Gasteiger partial charge in [0.25, 0.3) is 5.56 Å². The van der Waals surface area contributed by atoms with Gasteiger partial charge in [0.15, 0.2) is 0 Å². The summed E-state index contributed by atoms with van der Waals surface area (Å²) >= 11 is 1.56. The van der Waals surface area contributed by atoms with Gasteiger partial charge in [-0.15, -0.1) is 10.2 Å². The summed E-state index contributed by atoms with van der Waals surface area (Å²) in [6.07, 6.45) is 3.32. The SMILES string of the molecule is O=C(CCn1ccc(=O)[nH]c1=O)N1CCC[C@@H](c2nnc(-c3ccsc3)o2)C1. The molecule has 10 heteroatoms. The first-order valence-electron chi connectivity index (χ1n) is 9.03. The molecule has 28 heavy (non-hydrogen) atoms. The van der Waals surface area contributed by atoms with Gasteiger partial charge >= 0.3 is 5.69 Å². The second-order valence-corrected chi connectivity index (χ2v) is 7.47. The van der Waals surface area contributed by atoms with Crippen LogP contribution >= 0.6 is 11.3 Å². The van der Waals surface area contributed by atoms with E-state index in [0.29, 0.717) is 24.9 Å². The molecule has 0 saturated carbocycles. The maximum atomic E-state index is 12.6. The minimum absolute atomic E-state index is 0.00777. The molecule has 1 atom stereocenters. The second-order valence-electron chi connectivity index (χ2n) is 6.69. The molecule has 1 saturated heterocycles. The molecule has 0 bridgehead atoms. The highest BCUT2D eigenvalue weighted by atomic mass is 32.1. The molecule has 0 aromatic carbocycles. The van der Waals surface area contributed by atoms with E-state index in [0.717, 1.165) is 18.4 Å². The van der Waals surface area contributed by atoms with E-state index < -0.39 is 11.2 Å². The largest absolute Gasteiger partial charge is 0.420 e. The van der Waals surface area contributed by atoms with E-state index in [-0.39, 0.29) is 24.8 Å². The van der Waals surface area contributed by atoms with E-state index in [1.165, 1.54) is 16.8 Å². The molecular weight excluding hydrogens is 382 g/mol. The molecule has 1 fully saturated rings. The molecule has 1 aliphatic heterocycles. The Balaban J connectivity index is 1.38. The molecule has 9 nitrogen and oxygen atoms in total. The Morgan fingerprint density at radius 2 is 2.21 bits per heavy atom. The van der Waals surface area contributed by atoms with E-state index in [1.54, 1.807) is 16.2 Å². The molecule has 1 amide bonds. The van der Waals surface area contributed by atoms with Gasteiger partial charge in [-0.1, -0.05) is 0 Å². The van der Waals surface area contributed by atoms with Gasteiger partial charge in [0.2, 0.25) is 17.7 Å². The maximum Gasteiger partial charge on any atom is 0.328 e. The molecule has 146 valence electrons. The zero-order valence-electron chi connectivity index (χ0n) is 15.0. The first kappa shape index (κ1) is 18.4. The van der Waals surface area contributed by atoms with Crippen molar-refractivity contribution in [1.82, 2.24) is 24.6 Å². The normalized spacial score (nSPS) is 17.0. The molecule has 0 radical (unpaired) electrons. The predicted octanol–water partition coefficient (Wildman–Crippen LogP) is 1.44. The number of likely N-dealkylation sites (tertiary alicyclic amines) is 1. The number of piperidine rings is 1. The zero-order chi connectivity index (χ0) is 19.5. The lowest BCUT2D eigenvalue weighted by molar-refractivity contribution is -0.132. The van der Waals surface area contributed by atoms with Crippen LogP contribution in [0.2, 0.25) is 0 Å². The van der Waals surface area contributed by atoms with Crippen LogP contribution in [-0.4, -0.2) is 43.6 Å². The standard InChI is InChI=1S/C18H19N5O4S/c24-14-3-7-22(18(26)19-14)8-4-15(25)23-6-1-2-12(10-23)16-20-21-17(27-16)13-5-9-28-11-13/h3,5,7,9,11-12H,1-2,4,6,8,10H2,(H,19,24,26)/t12-/m1/s1. The van der Waals surface area contributed by atoms with Gasteiger partial charge in [-0.05, 0) is 24.3 Å². The number of amides is 1. The van der Waals surface area contributed by atoms with Crippen molar-refractivity contribution in [3.05, 3.63) is 55.8 Å². The van der Waals surface area contributed by atoms with Gasteiger partial charge in [-0.25, -0.2) is 4.79 Å². The number of carbonyl (C=O) groups is 1. The van der Waals surface area contributed by atoms with Gasteiger partial charge in [0.1, 0.15) is 0 Å². The van der Waals surface area contributed by atoms with Crippen LogP contribution in [0, 0.1) is 0 Å². The van der Waals surface area contributed by atoms with Gasteiger partial charge in [0, 0.05) is 49.3 Å². The van der Waals surface area contributed by atoms with Gasteiger partial charge < -0.3 is 13.9 Å². The molecule has 0 unspecified atom stereocenters. The van der Waals surface area contributed by atoms with Crippen LogP contribution in [0.5, 0.6) is 0 Å². The first-order chi connectivity index (χ1) is 13.6. The topological polar surface area (TPSA) is 114 Å². The number of aryl methyl sites for hydroxylation is 1. The Morgan fingerprint density at radius 1 is 1.32 bits per heavy atom. The number of thiophene rings is 1. The lowest BCUT2D eigenvalue weighted by atomic mass is 9.98. The van der Waals surface area contributed by atoms with Crippen LogP contribution in [0.1, 0.15) is 31.1 Å². The summed E-state index contributed by atoms with van der Waals surface area (Å²) in [5.41, 5.74) is -0.0599. The number of carbonyl (C=O) groups excluding carboxylic acids is 1. The van der Waals surface area contributed by atoms with Crippen molar-refractivity contribution >= 4 is 17.2 Å². The summed E-state index contributed by atoms with van der Waals surface area (Å²) in [4.78, 5) is 39.4. The van der Waals surface area contributed by atoms with E-state index in [4.69, 9.17) is 4.42 Å². The summed E-state index contributed by atoms with van der Waals surface area (Å²) in [6, 6.07) is 3.20. The van der Waals surface area contributed by atoms with Crippen LogP contribution in [0.3, 0.4) is 0 Å². The van der Waals surface area contributed by atoms with Crippen LogP contribution < -0.4 is 11.2 Å². The quantitative estimate of drug-likeness (QED) is 0.692. The van der Waals surface area contributed by atoms with Gasteiger partial charge in [0.05, 0.1) is 5.92 Å². The second kappa shape index (κ2) is 7.93. The maximum absolute atomic E-state index is 12.6. The van der Waals surface area contributed by atoms with Gasteiger partial charge in [-0.3, -0.25) is 14.6 Å². The first-order valence-corrected chi connectivity index (χ1v) is 9.98. The number of aromatic nitrogens is 4. The molecule has 4 rings (SSSR count). The van der Waals surface area contributed by atoms with Crippen molar-refractivity contribution in [1.29, 1.82) is 0 Å². The molecule has 1 N–H and O–H groups in total. The Labute approximate surface area is 163 Å². The third kappa shape index (κ3) is 3.96. The molecule has 0 spiro atoms. The third-order valence-corrected chi connectivity index (χ3v) is 5.48. The summed E-state index contributed by atoms with van der Waals surface area (Å²) < 4.78 is 7.14. The summed E-state index contributed by atoms with van der Waals surface area (Å²) in [5, 5.41) is 12.2. The molecule has 3 aromatic rings. The predicted molar refractivity (Wildman–Crippen MR) is 102 cm³/mol. The fraction of sp³-hybridized carbons (Fsp3) is 0.389. The molecule has 0 aliphatic carbocycles. The van der Waals surface area contributed by atoms with Crippen molar-refractivity contribution in [2.24, 2.45) is 0 Å². The number of aromatic amines is 1. The molecule has 1 aliphatic rings. The summed E-state index contributed by atoms with van der Waals surface area (Å²) in [5.74, 6) is 1.02. The fourth-order valence-electron chi connectivity index (χ4n) is 3.30. The average Bonchev–Trinajstić information content (AvgIpc) is 3.39. The molecular formula is C18H19N5O4S. The highest BCUT2D eigenvalue weighted by Gasteiger charge is 2.28. The van der Waals surface area contributed by atoms with Crippen molar-refractivity contribution in [2.45, 2.75) is 31.7 Å². The summed E-state index contributed by atoms with van der Waals surface area (Å²) in [7, 11) is 0. The minimum atomic E-state index is -0.511. The van der Waals surface area contributed by atoms with Crippen molar-refractivity contribution in [3.63, 3.8) is 0 Å². The summed E-state index contributed by atoms with van der Waals surface area (Å²) in [6.45, 7) is 1.41. The number of H-pyrrole nitrogens is 1. The Bertz CT molecular complexity index is 1070. The van der Waals surface area contributed by atoms with E-state index in [2.05, 4.69) is 15.2 Å². The Kier molecular flexibility index (Phi) is 5.20. The van der Waals surface area contributed by atoms with Crippen LogP contribution in [0.4, 0.5) is 0 Å². The van der Waals surface area contributed by atoms with E-state index in [9.17, 15) is 14.4 Å². The number of rotatable bonds is 5. The molecule has 3 aromatic heterocycles. The zero-order valence-corrected chi connectivity index (χ0v) is 15.9. The van der Waals surface area contributed by atoms with Crippen molar-refractivity contribution < 1.29 is 9.21 Å². The van der Waals surface area contributed by atoms with Crippen LogP contribution in [0.15, 0.2) is 43.1 Å². The van der Waals surface area contributed by atoms with Gasteiger partial charge in [-0.2, -0.15) is 11.3 Å². The third-order valence-electron chi connectivity index (χ3n) is 4.80. The fourth-order valence-corrected chi connectivity index (χ4v) is 3.93. The number of nitrogens with one attached hydrogen (secondary N) is 1. The minimum Gasteiger partial charge on any atom is -0.420 e. The number of hydrogen-bond acceptors (Lipinski definition) is 7. The molecule has 4 heterocycles. The van der Waals surface area contributed by atoms with Crippen molar-refractivity contribution in [2.75, 3.05) is 13.1 Å². The van der Waals surface area contributed by atoms with E-state index in [1.807, 2.05) is 16.8 Å². The van der Waals surface area contributed by atoms with Crippen LogP contribution in [0.25, 0.3) is 11.5 Å². The smallest absolute Gasteiger partial charge is 0.328 e. The van der Waals surface area contributed by atoms with E-state index >= 15 is 0 Å². The average molecular weight is 401 g/mol. The number of nitrogens with zero attached hydrogens (tertiary/aromatic N) is 4. The highest BCUT2D eigenvalue weighted by molar-refractivity contribution is 7.08. The highest BCUT2D eigenvalue weighted by Crippen LogP contribution is 2.29. The number of hydrogen-bond donors (Lipinski definition) is 1. The van der Waals surface area contributed by atoms with Crippen molar-refractivity contribution in [3.8, 4) is 11.5 Å².